The Hall–Kier alpha value is -3.10. The van der Waals surface area contributed by atoms with Crippen LogP contribution < -0.4 is 4.90 Å². The highest BCUT2D eigenvalue weighted by Crippen LogP contribution is 2.29. The fourth-order valence-electron chi connectivity index (χ4n) is 3.36. The molecule has 0 atom stereocenters. The maximum atomic E-state index is 14.7. The Labute approximate surface area is 170 Å². The zero-order chi connectivity index (χ0) is 19.8. The zero-order valence-electron chi connectivity index (χ0n) is 15.3. The van der Waals surface area contributed by atoms with Gasteiger partial charge < -0.3 is 9.64 Å². The molecular formula is C20H16ClFN6O. The van der Waals surface area contributed by atoms with Crippen LogP contribution in [0.2, 0.25) is 5.02 Å². The molecule has 7 nitrogen and oxygen atoms in total. The summed E-state index contributed by atoms with van der Waals surface area (Å²) in [4.78, 5) is 20.1. The maximum Gasteiger partial charge on any atom is 0.225 e. The lowest BCUT2D eigenvalue weighted by Crippen LogP contribution is -2.37. The third-order valence-electron chi connectivity index (χ3n) is 4.76. The van der Waals surface area contributed by atoms with Gasteiger partial charge in [0.05, 0.1) is 24.5 Å². The average molecular weight is 411 g/mol. The smallest absolute Gasteiger partial charge is 0.225 e. The summed E-state index contributed by atoms with van der Waals surface area (Å²) >= 11 is 5.93. The predicted molar refractivity (Wildman–Crippen MR) is 108 cm³/mol. The van der Waals surface area contributed by atoms with E-state index in [2.05, 4.69) is 24.8 Å². The Kier molecular flexibility index (Phi) is 4.57. The van der Waals surface area contributed by atoms with Gasteiger partial charge in [-0.15, -0.1) is 0 Å². The van der Waals surface area contributed by atoms with E-state index >= 15 is 0 Å². The van der Waals surface area contributed by atoms with Crippen LogP contribution in [0, 0.1) is 5.82 Å². The number of halogens is 2. The van der Waals surface area contributed by atoms with Gasteiger partial charge in [0.1, 0.15) is 17.2 Å². The van der Waals surface area contributed by atoms with E-state index in [1.807, 2.05) is 6.07 Å². The van der Waals surface area contributed by atoms with Crippen molar-refractivity contribution in [3.63, 3.8) is 0 Å². The van der Waals surface area contributed by atoms with Crippen LogP contribution in [0.3, 0.4) is 0 Å². The van der Waals surface area contributed by atoms with Gasteiger partial charge in [0, 0.05) is 36.7 Å². The molecular weight excluding hydrogens is 395 g/mol. The van der Waals surface area contributed by atoms with Crippen LogP contribution in [0.1, 0.15) is 0 Å². The number of aromatic nitrogens is 5. The van der Waals surface area contributed by atoms with Crippen molar-refractivity contribution in [3.05, 3.63) is 59.8 Å². The van der Waals surface area contributed by atoms with Crippen molar-refractivity contribution in [2.75, 3.05) is 31.2 Å². The number of ether oxygens (including phenoxy) is 1. The first-order valence-corrected chi connectivity index (χ1v) is 9.52. The summed E-state index contributed by atoms with van der Waals surface area (Å²) in [6.45, 7) is 2.81. The van der Waals surface area contributed by atoms with Crippen molar-refractivity contribution in [2.45, 2.75) is 0 Å². The molecule has 4 aromatic rings. The van der Waals surface area contributed by atoms with E-state index < -0.39 is 5.82 Å². The van der Waals surface area contributed by atoms with E-state index in [4.69, 9.17) is 16.3 Å². The zero-order valence-corrected chi connectivity index (χ0v) is 16.1. The van der Waals surface area contributed by atoms with Gasteiger partial charge in [-0.25, -0.2) is 24.3 Å². The van der Waals surface area contributed by atoms with Gasteiger partial charge in [-0.3, -0.25) is 4.57 Å². The topological polar surface area (TPSA) is 69.0 Å². The molecule has 0 spiro atoms. The molecule has 1 aliphatic rings. The standard InChI is InChI=1S/C20H16ClFN6O/c21-14-3-4-17(15(22)10-14)28-18(26-16-2-1-5-23-19(16)28)13-11-24-20(25-12-13)27-6-8-29-9-7-27/h1-5,10-12H,6-9H2. The van der Waals surface area contributed by atoms with Crippen LogP contribution in [-0.2, 0) is 4.74 Å². The first-order chi connectivity index (χ1) is 14.2. The third-order valence-corrected chi connectivity index (χ3v) is 4.99. The molecule has 0 N–H and O–H groups in total. The van der Waals surface area contributed by atoms with Crippen molar-refractivity contribution >= 4 is 28.7 Å². The Morgan fingerprint density at radius 1 is 1.03 bits per heavy atom. The Balaban J connectivity index is 1.63. The van der Waals surface area contributed by atoms with Crippen molar-refractivity contribution in [2.24, 2.45) is 0 Å². The summed E-state index contributed by atoms with van der Waals surface area (Å²) in [7, 11) is 0. The SMILES string of the molecule is Fc1cc(Cl)ccc1-n1c(-c2cnc(N3CCOCC3)nc2)nc2cccnc21. The lowest BCUT2D eigenvalue weighted by Gasteiger charge is -2.26. The summed E-state index contributed by atoms with van der Waals surface area (Å²) in [5.74, 6) is 0.679. The molecule has 0 unspecified atom stereocenters. The van der Waals surface area contributed by atoms with Gasteiger partial charge in [0.2, 0.25) is 5.95 Å². The van der Waals surface area contributed by atoms with Gasteiger partial charge in [0.15, 0.2) is 5.65 Å². The minimum Gasteiger partial charge on any atom is -0.378 e. The van der Waals surface area contributed by atoms with E-state index in [1.165, 1.54) is 6.07 Å². The van der Waals surface area contributed by atoms with Crippen LogP contribution in [0.15, 0.2) is 48.9 Å². The number of anilines is 1. The molecule has 5 rings (SSSR count). The predicted octanol–water partition coefficient (Wildman–Crippen LogP) is 3.51. The van der Waals surface area contributed by atoms with Crippen LogP contribution in [0.4, 0.5) is 10.3 Å². The molecule has 1 fully saturated rings. The Morgan fingerprint density at radius 3 is 2.59 bits per heavy atom. The van der Waals surface area contributed by atoms with Gasteiger partial charge in [0.25, 0.3) is 0 Å². The van der Waals surface area contributed by atoms with E-state index in [1.54, 1.807) is 41.4 Å². The lowest BCUT2D eigenvalue weighted by atomic mass is 10.2. The molecule has 3 aromatic heterocycles. The molecule has 0 saturated carbocycles. The number of imidazole rings is 1. The fraction of sp³-hybridized carbons (Fsp3) is 0.200. The molecule has 4 heterocycles. The Morgan fingerprint density at radius 2 is 1.83 bits per heavy atom. The van der Waals surface area contributed by atoms with Crippen molar-refractivity contribution in [3.8, 4) is 17.1 Å². The normalized spacial score (nSPS) is 14.5. The van der Waals surface area contributed by atoms with Crippen molar-refractivity contribution in [1.29, 1.82) is 0 Å². The van der Waals surface area contributed by atoms with Crippen molar-refractivity contribution in [1.82, 2.24) is 24.5 Å². The molecule has 29 heavy (non-hydrogen) atoms. The summed E-state index contributed by atoms with van der Waals surface area (Å²) in [6, 6.07) is 8.14. The summed E-state index contributed by atoms with van der Waals surface area (Å²) in [5, 5.41) is 0.323. The van der Waals surface area contributed by atoms with Crippen LogP contribution >= 0.6 is 11.6 Å². The summed E-state index contributed by atoms with van der Waals surface area (Å²) in [6.07, 6.45) is 5.04. The second-order valence-electron chi connectivity index (χ2n) is 6.58. The number of morpholine rings is 1. The van der Waals surface area contributed by atoms with E-state index in [0.29, 0.717) is 52.4 Å². The first kappa shape index (κ1) is 18.0. The number of pyridine rings is 1. The van der Waals surface area contributed by atoms with Gasteiger partial charge >= 0.3 is 0 Å². The lowest BCUT2D eigenvalue weighted by molar-refractivity contribution is 0.122. The largest absolute Gasteiger partial charge is 0.378 e. The van der Waals surface area contributed by atoms with Crippen LogP contribution in [0.25, 0.3) is 28.2 Å². The maximum absolute atomic E-state index is 14.7. The molecule has 0 amide bonds. The third kappa shape index (κ3) is 3.30. The second-order valence-corrected chi connectivity index (χ2v) is 7.02. The average Bonchev–Trinajstić information content (AvgIpc) is 3.14. The molecule has 1 saturated heterocycles. The highest BCUT2D eigenvalue weighted by molar-refractivity contribution is 6.30. The van der Waals surface area contributed by atoms with Crippen LogP contribution in [0.5, 0.6) is 0 Å². The number of benzene rings is 1. The monoisotopic (exact) mass is 410 g/mol. The fourth-order valence-corrected chi connectivity index (χ4v) is 3.52. The van der Waals surface area contributed by atoms with E-state index in [0.717, 1.165) is 13.1 Å². The summed E-state index contributed by atoms with van der Waals surface area (Å²) in [5.41, 5.74) is 2.16. The molecule has 1 aliphatic heterocycles. The minimum absolute atomic E-state index is 0.308. The molecule has 0 bridgehead atoms. The number of rotatable bonds is 3. The van der Waals surface area contributed by atoms with E-state index in [9.17, 15) is 4.39 Å². The number of hydrogen-bond donors (Lipinski definition) is 0. The van der Waals surface area contributed by atoms with Gasteiger partial charge in [-0.05, 0) is 30.3 Å². The molecule has 0 radical (unpaired) electrons. The quantitative estimate of drug-likeness (QED) is 0.515. The first-order valence-electron chi connectivity index (χ1n) is 9.15. The molecule has 9 heteroatoms. The molecule has 0 aliphatic carbocycles. The number of fused-ring (bicyclic) bond motifs is 1. The van der Waals surface area contributed by atoms with E-state index in [-0.39, 0.29) is 0 Å². The Bertz CT molecular complexity index is 1170. The molecule has 1 aromatic carbocycles. The van der Waals surface area contributed by atoms with Crippen LogP contribution in [-0.4, -0.2) is 50.8 Å². The van der Waals surface area contributed by atoms with Gasteiger partial charge in [-0.1, -0.05) is 11.6 Å². The number of hydrogen-bond acceptors (Lipinski definition) is 6. The number of nitrogens with zero attached hydrogens (tertiary/aromatic N) is 6. The highest BCUT2D eigenvalue weighted by Gasteiger charge is 2.20. The van der Waals surface area contributed by atoms with Crippen molar-refractivity contribution < 1.29 is 9.13 Å². The van der Waals surface area contributed by atoms with Gasteiger partial charge in [-0.2, -0.15) is 0 Å². The minimum atomic E-state index is -0.463. The molecule has 146 valence electrons. The summed E-state index contributed by atoms with van der Waals surface area (Å²) < 4.78 is 21.8. The second kappa shape index (κ2) is 7.38. The highest BCUT2D eigenvalue weighted by atomic mass is 35.5.